The van der Waals surface area contributed by atoms with Crippen LogP contribution in [-0.4, -0.2) is 0 Å². The Morgan fingerprint density at radius 1 is 1.00 bits per heavy atom. The lowest BCUT2D eigenvalue weighted by Crippen LogP contribution is -2.26. The summed E-state index contributed by atoms with van der Waals surface area (Å²) in [6.45, 7) is 16.1. The number of allylic oxidation sites excluding steroid dienone is 3. The molecule has 0 saturated carbocycles. The van der Waals surface area contributed by atoms with E-state index in [4.69, 9.17) is 0 Å². The summed E-state index contributed by atoms with van der Waals surface area (Å²) < 4.78 is 0. The Balaban J connectivity index is 4.61. The fourth-order valence-corrected chi connectivity index (χ4v) is 2.01. The fourth-order valence-electron chi connectivity index (χ4n) is 2.01. The van der Waals surface area contributed by atoms with E-state index >= 15 is 0 Å². The molecule has 0 saturated heterocycles. The molecule has 0 nitrogen and oxygen atoms in total. The molecule has 0 radical (unpaired) electrons. The summed E-state index contributed by atoms with van der Waals surface area (Å²) in [5.41, 5.74) is 0.345. The van der Waals surface area contributed by atoms with Crippen molar-refractivity contribution in [3.63, 3.8) is 0 Å². The average Bonchev–Trinajstić information content (AvgIpc) is 2.14. The van der Waals surface area contributed by atoms with Crippen LogP contribution in [0.5, 0.6) is 0 Å². The summed E-state index contributed by atoms with van der Waals surface area (Å²) in [7, 11) is 0. The first-order valence-corrected chi connectivity index (χ1v) is 5.45. The Hall–Kier alpha value is -0.780. The van der Waals surface area contributed by atoms with Crippen molar-refractivity contribution in [3.8, 4) is 0 Å². The molecule has 0 rings (SSSR count). The second-order valence-electron chi connectivity index (χ2n) is 4.33. The van der Waals surface area contributed by atoms with Gasteiger partial charge < -0.3 is 0 Å². The van der Waals surface area contributed by atoms with Gasteiger partial charge in [0.05, 0.1) is 0 Å². The second kappa shape index (κ2) is 6.64. The third kappa shape index (κ3) is 3.53. The van der Waals surface area contributed by atoms with Crippen molar-refractivity contribution < 1.29 is 0 Å². The van der Waals surface area contributed by atoms with Crippen molar-refractivity contribution in [1.82, 2.24) is 0 Å². The van der Waals surface area contributed by atoms with Crippen LogP contribution in [0.1, 0.15) is 39.5 Å². The van der Waals surface area contributed by atoms with Crippen LogP contribution in [0.3, 0.4) is 0 Å². The van der Waals surface area contributed by atoms with Gasteiger partial charge in [0.25, 0.3) is 0 Å². The van der Waals surface area contributed by atoms with Crippen molar-refractivity contribution in [3.05, 3.63) is 38.0 Å². The van der Waals surface area contributed by atoms with Gasteiger partial charge in [0, 0.05) is 0 Å². The summed E-state index contributed by atoms with van der Waals surface area (Å²) in [4.78, 5) is 0. The molecule has 14 heavy (non-hydrogen) atoms. The van der Waals surface area contributed by atoms with E-state index < -0.39 is 0 Å². The number of hydrogen-bond acceptors (Lipinski definition) is 0. The zero-order valence-corrected chi connectivity index (χ0v) is 9.76. The molecule has 0 unspecified atom stereocenters. The van der Waals surface area contributed by atoms with Crippen molar-refractivity contribution in [2.24, 2.45) is 11.3 Å². The third-order valence-corrected chi connectivity index (χ3v) is 3.17. The summed E-state index contributed by atoms with van der Waals surface area (Å²) in [5.74, 6) is 0.665. The van der Waals surface area contributed by atoms with Crippen LogP contribution in [0.15, 0.2) is 38.0 Å². The van der Waals surface area contributed by atoms with E-state index in [1.54, 1.807) is 0 Å². The Bertz CT molecular complexity index is 176. The van der Waals surface area contributed by atoms with Crippen molar-refractivity contribution >= 4 is 0 Å². The molecule has 0 fully saturated rings. The maximum absolute atomic E-state index is 3.86. The van der Waals surface area contributed by atoms with Crippen molar-refractivity contribution in [2.75, 3.05) is 0 Å². The highest BCUT2D eigenvalue weighted by Gasteiger charge is 2.29. The molecule has 80 valence electrons. The maximum Gasteiger partial charge on any atom is -0.0203 e. The van der Waals surface area contributed by atoms with Crippen LogP contribution >= 0.6 is 0 Å². The van der Waals surface area contributed by atoms with Gasteiger partial charge in [-0.2, -0.15) is 0 Å². The smallest absolute Gasteiger partial charge is 0.0203 e. The summed E-state index contributed by atoms with van der Waals surface area (Å²) in [6, 6.07) is 0. The van der Waals surface area contributed by atoms with Crippen LogP contribution in [0.4, 0.5) is 0 Å². The Labute approximate surface area is 89.4 Å². The minimum Gasteiger partial charge on any atom is -0.103 e. The average molecular weight is 192 g/mol. The Morgan fingerprint density at radius 3 is 1.79 bits per heavy atom. The van der Waals surface area contributed by atoms with Crippen LogP contribution in [-0.2, 0) is 0 Å². The van der Waals surface area contributed by atoms with Crippen LogP contribution in [0.2, 0.25) is 0 Å². The monoisotopic (exact) mass is 192 g/mol. The molecule has 0 bridgehead atoms. The largest absolute Gasteiger partial charge is 0.103 e. The molecule has 0 heterocycles. The lowest BCUT2D eigenvalue weighted by molar-refractivity contribution is 0.178. The van der Waals surface area contributed by atoms with Gasteiger partial charge in [0.15, 0.2) is 0 Å². The molecular formula is C14H24. The van der Waals surface area contributed by atoms with E-state index in [-0.39, 0.29) is 0 Å². The zero-order valence-electron chi connectivity index (χ0n) is 9.76. The van der Waals surface area contributed by atoms with Gasteiger partial charge >= 0.3 is 0 Å². The van der Waals surface area contributed by atoms with E-state index in [1.807, 2.05) is 18.2 Å². The van der Waals surface area contributed by atoms with Gasteiger partial charge in [-0.25, -0.2) is 0 Å². The zero-order chi connectivity index (χ0) is 11.0. The summed E-state index contributed by atoms with van der Waals surface area (Å²) in [5, 5.41) is 0. The van der Waals surface area contributed by atoms with Crippen LogP contribution in [0.25, 0.3) is 0 Å². The predicted molar refractivity (Wildman–Crippen MR) is 66.3 cm³/mol. The van der Waals surface area contributed by atoms with Crippen molar-refractivity contribution in [1.29, 1.82) is 0 Å². The van der Waals surface area contributed by atoms with E-state index in [0.29, 0.717) is 11.3 Å². The lowest BCUT2D eigenvalue weighted by atomic mass is 9.69. The standard InChI is InChI=1S/C14H24/c1-6-9-12-14(10-7-2,11-8-3)13(4)5/h6-8,13H,1-3,9-12H2,4-5H3. The molecule has 0 atom stereocenters. The first-order valence-electron chi connectivity index (χ1n) is 5.45. The molecule has 0 aliphatic heterocycles. The van der Waals surface area contributed by atoms with Gasteiger partial charge in [-0.15, -0.1) is 19.7 Å². The van der Waals surface area contributed by atoms with Gasteiger partial charge in [0.2, 0.25) is 0 Å². The van der Waals surface area contributed by atoms with Gasteiger partial charge in [-0.3, -0.25) is 0 Å². The minimum absolute atomic E-state index is 0.345. The highest BCUT2D eigenvalue weighted by Crippen LogP contribution is 2.40. The first-order chi connectivity index (χ1) is 6.63. The van der Waals surface area contributed by atoms with E-state index in [2.05, 4.69) is 33.6 Å². The SMILES string of the molecule is C=CCCC(CC=C)(CC=C)C(C)C. The fraction of sp³-hybridized carbons (Fsp3) is 0.571. The summed E-state index contributed by atoms with van der Waals surface area (Å²) in [6.07, 6.45) is 10.5. The number of rotatable bonds is 8. The molecular weight excluding hydrogens is 168 g/mol. The molecule has 0 heteroatoms. The normalized spacial score (nSPS) is 11.4. The van der Waals surface area contributed by atoms with E-state index in [1.165, 1.54) is 6.42 Å². The Kier molecular flexibility index (Phi) is 6.27. The molecule has 0 aromatic heterocycles. The molecule has 0 aliphatic rings. The minimum atomic E-state index is 0.345. The molecule has 0 spiro atoms. The third-order valence-electron chi connectivity index (χ3n) is 3.17. The summed E-state index contributed by atoms with van der Waals surface area (Å²) >= 11 is 0. The van der Waals surface area contributed by atoms with Crippen LogP contribution in [0, 0.1) is 11.3 Å². The molecule has 0 aromatic rings. The molecule has 0 aromatic carbocycles. The number of hydrogen-bond donors (Lipinski definition) is 0. The highest BCUT2D eigenvalue weighted by molar-refractivity contribution is 4.94. The second-order valence-corrected chi connectivity index (χ2v) is 4.33. The van der Waals surface area contributed by atoms with Gasteiger partial charge in [0.1, 0.15) is 0 Å². The van der Waals surface area contributed by atoms with Gasteiger partial charge in [-0.1, -0.05) is 32.1 Å². The maximum atomic E-state index is 3.86. The first kappa shape index (κ1) is 13.2. The predicted octanol–water partition coefficient (Wildman–Crippen LogP) is 4.75. The lowest BCUT2D eigenvalue weighted by Gasteiger charge is -2.36. The van der Waals surface area contributed by atoms with Gasteiger partial charge in [-0.05, 0) is 37.0 Å². The molecule has 0 N–H and O–H groups in total. The highest BCUT2D eigenvalue weighted by atomic mass is 14.3. The Morgan fingerprint density at radius 2 is 1.50 bits per heavy atom. The topological polar surface area (TPSA) is 0 Å². The van der Waals surface area contributed by atoms with E-state index in [9.17, 15) is 0 Å². The molecule has 0 amide bonds. The van der Waals surface area contributed by atoms with Crippen LogP contribution < -0.4 is 0 Å². The molecule has 0 aliphatic carbocycles. The van der Waals surface area contributed by atoms with Crippen molar-refractivity contribution in [2.45, 2.75) is 39.5 Å². The quantitative estimate of drug-likeness (QED) is 0.487. The van der Waals surface area contributed by atoms with E-state index in [0.717, 1.165) is 19.3 Å².